The first-order valence-corrected chi connectivity index (χ1v) is 11.3. The number of aliphatic carboxylic acids is 1. The molecular formula is C23H38O5. The predicted molar refractivity (Wildman–Crippen MR) is 105 cm³/mol. The molecule has 0 unspecified atom stereocenters. The molecule has 28 heavy (non-hydrogen) atoms. The molecule has 11 atom stereocenters. The van der Waals surface area contributed by atoms with Crippen LogP contribution in [0.1, 0.15) is 72.1 Å². The van der Waals surface area contributed by atoms with Crippen molar-refractivity contribution in [1.29, 1.82) is 0 Å². The number of hydrogen-bond acceptors (Lipinski definition) is 4. The maximum absolute atomic E-state index is 11.4. The summed E-state index contributed by atoms with van der Waals surface area (Å²) in [6.07, 6.45) is 5.02. The highest BCUT2D eigenvalue weighted by Gasteiger charge is 2.65. The van der Waals surface area contributed by atoms with Crippen LogP contribution in [-0.4, -0.2) is 44.7 Å². The van der Waals surface area contributed by atoms with Crippen LogP contribution in [0.5, 0.6) is 0 Å². The molecule has 0 aromatic heterocycles. The highest BCUT2D eigenvalue weighted by Crippen LogP contribution is 2.68. The Morgan fingerprint density at radius 1 is 1.04 bits per heavy atom. The van der Waals surface area contributed by atoms with Gasteiger partial charge in [-0.1, -0.05) is 20.8 Å². The third kappa shape index (κ3) is 2.87. The van der Waals surface area contributed by atoms with Crippen LogP contribution in [0.2, 0.25) is 0 Å². The monoisotopic (exact) mass is 394 g/mol. The molecule has 5 heteroatoms. The van der Waals surface area contributed by atoms with Gasteiger partial charge < -0.3 is 20.4 Å². The third-order valence-electron chi connectivity index (χ3n) is 10.0. The van der Waals surface area contributed by atoms with E-state index in [1.54, 1.807) is 0 Å². The minimum absolute atomic E-state index is 0.0348. The zero-order chi connectivity index (χ0) is 20.4. The van der Waals surface area contributed by atoms with Crippen LogP contribution >= 0.6 is 0 Å². The molecule has 4 saturated carbocycles. The van der Waals surface area contributed by atoms with Crippen molar-refractivity contribution in [3.63, 3.8) is 0 Å². The van der Waals surface area contributed by atoms with Gasteiger partial charge >= 0.3 is 5.97 Å². The number of carboxylic acid groups (broad SMARTS) is 1. The molecule has 4 rings (SSSR count). The average molecular weight is 395 g/mol. The van der Waals surface area contributed by atoms with Crippen LogP contribution in [-0.2, 0) is 4.79 Å². The molecule has 0 aliphatic heterocycles. The fourth-order valence-electron chi connectivity index (χ4n) is 8.55. The SMILES string of the molecule is C[C@H](CC(=O)O)[C@H]1CC[C@H]2[C@@H]3[C@H](O)C[C@H]4C[C@@H](O)CC[C@]4(C)[C@H]3C[C@H](O)[C@]12C. The molecule has 4 N–H and O–H groups in total. The molecule has 4 aliphatic carbocycles. The van der Waals surface area contributed by atoms with E-state index in [1.807, 2.05) is 6.92 Å². The molecule has 5 nitrogen and oxygen atoms in total. The Kier molecular flexibility index (Phi) is 5.12. The van der Waals surface area contributed by atoms with Crippen molar-refractivity contribution in [1.82, 2.24) is 0 Å². The minimum atomic E-state index is -0.767. The lowest BCUT2D eigenvalue weighted by Gasteiger charge is -2.63. The molecular weight excluding hydrogens is 356 g/mol. The molecule has 0 bridgehead atoms. The molecule has 4 aliphatic rings. The van der Waals surface area contributed by atoms with Crippen LogP contribution in [0.4, 0.5) is 0 Å². The van der Waals surface area contributed by atoms with Crippen molar-refractivity contribution in [2.45, 2.75) is 90.4 Å². The lowest BCUT2D eigenvalue weighted by Crippen LogP contribution is -2.62. The Morgan fingerprint density at radius 2 is 1.75 bits per heavy atom. The van der Waals surface area contributed by atoms with Crippen molar-refractivity contribution in [2.75, 3.05) is 0 Å². The predicted octanol–water partition coefficient (Wildman–Crippen LogP) is 3.06. The quantitative estimate of drug-likeness (QED) is 0.590. The maximum atomic E-state index is 11.4. The minimum Gasteiger partial charge on any atom is -0.481 e. The number of carbonyl (C=O) groups is 1. The maximum Gasteiger partial charge on any atom is 0.303 e. The fourth-order valence-corrected chi connectivity index (χ4v) is 8.55. The van der Waals surface area contributed by atoms with Gasteiger partial charge in [-0.05, 0) is 91.3 Å². The summed E-state index contributed by atoms with van der Waals surface area (Å²) in [5.74, 6) is 0.510. The molecule has 4 fully saturated rings. The van der Waals surface area contributed by atoms with E-state index in [1.165, 1.54) is 0 Å². The van der Waals surface area contributed by atoms with E-state index in [4.69, 9.17) is 0 Å². The van der Waals surface area contributed by atoms with Crippen molar-refractivity contribution < 1.29 is 25.2 Å². The summed E-state index contributed by atoms with van der Waals surface area (Å²) in [6.45, 7) is 6.52. The second-order valence-corrected chi connectivity index (χ2v) is 11.1. The van der Waals surface area contributed by atoms with E-state index in [-0.39, 0.29) is 59.0 Å². The molecule has 0 aromatic rings. The van der Waals surface area contributed by atoms with Crippen molar-refractivity contribution >= 4 is 5.97 Å². The van der Waals surface area contributed by atoms with Crippen LogP contribution < -0.4 is 0 Å². The van der Waals surface area contributed by atoms with Gasteiger partial charge in [0.15, 0.2) is 0 Å². The summed E-state index contributed by atoms with van der Waals surface area (Å²) in [7, 11) is 0. The zero-order valence-corrected chi connectivity index (χ0v) is 17.6. The summed E-state index contributed by atoms with van der Waals surface area (Å²) in [4.78, 5) is 11.3. The lowest BCUT2D eigenvalue weighted by molar-refractivity contribution is -0.207. The first-order valence-electron chi connectivity index (χ1n) is 11.3. The number of hydrogen-bond donors (Lipinski definition) is 4. The Hall–Kier alpha value is -0.650. The number of rotatable bonds is 3. The second-order valence-electron chi connectivity index (χ2n) is 11.1. The van der Waals surface area contributed by atoms with Gasteiger partial charge in [-0.15, -0.1) is 0 Å². The van der Waals surface area contributed by atoms with Gasteiger partial charge in [0.2, 0.25) is 0 Å². The van der Waals surface area contributed by atoms with Crippen molar-refractivity contribution in [3.8, 4) is 0 Å². The van der Waals surface area contributed by atoms with E-state index < -0.39 is 12.1 Å². The Labute approximate surface area is 168 Å². The average Bonchev–Trinajstić information content (AvgIpc) is 2.95. The second kappa shape index (κ2) is 6.95. The summed E-state index contributed by atoms with van der Waals surface area (Å²) in [5, 5.41) is 42.1. The van der Waals surface area contributed by atoms with Crippen LogP contribution in [0, 0.1) is 46.3 Å². The topological polar surface area (TPSA) is 98.0 Å². The number of fused-ring (bicyclic) bond motifs is 5. The Balaban J connectivity index is 1.65. The molecule has 160 valence electrons. The molecule has 0 saturated heterocycles. The molecule has 0 heterocycles. The standard InChI is InChI=1S/C23H38O5/c1-12(8-20(27)28)15-4-5-16-21-17(11-19(26)23(15,16)3)22(2)7-6-14(24)9-13(22)10-18(21)25/h12-19,21,24-26H,4-11H2,1-3H3,(H,27,28)/t12-,13-,14+,15-,16+,17+,18-,19+,21+,22+,23-/m1/s1. The molecule has 0 radical (unpaired) electrons. The molecule has 0 spiro atoms. The van der Waals surface area contributed by atoms with E-state index in [0.29, 0.717) is 12.3 Å². The van der Waals surface area contributed by atoms with Gasteiger partial charge in [0, 0.05) is 6.42 Å². The summed E-state index contributed by atoms with van der Waals surface area (Å²) in [6, 6.07) is 0. The van der Waals surface area contributed by atoms with Gasteiger partial charge in [-0.25, -0.2) is 0 Å². The van der Waals surface area contributed by atoms with E-state index >= 15 is 0 Å². The van der Waals surface area contributed by atoms with Gasteiger partial charge in [0.05, 0.1) is 18.3 Å². The van der Waals surface area contributed by atoms with Gasteiger partial charge in [0.1, 0.15) is 0 Å². The van der Waals surface area contributed by atoms with Crippen LogP contribution in [0.3, 0.4) is 0 Å². The Bertz CT molecular complexity index is 622. The number of aliphatic hydroxyl groups excluding tert-OH is 3. The zero-order valence-electron chi connectivity index (χ0n) is 17.6. The van der Waals surface area contributed by atoms with Crippen molar-refractivity contribution in [2.24, 2.45) is 46.3 Å². The fraction of sp³-hybridized carbons (Fsp3) is 0.957. The van der Waals surface area contributed by atoms with Gasteiger partial charge in [-0.3, -0.25) is 4.79 Å². The number of carboxylic acids is 1. The molecule has 0 aromatic carbocycles. The van der Waals surface area contributed by atoms with E-state index in [0.717, 1.165) is 38.5 Å². The van der Waals surface area contributed by atoms with Gasteiger partial charge in [-0.2, -0.15) is 0 Å². The Morgan fingerprint density at radius 3 is 2.43 bits per heavy atom. The summed E-state index contributed by atoms with van der Waals surface area (Å²) in [5.41, 5.74) is -0.232. The summed E-state index contributed by atoms with van der Waals surface area (Å²) >= 11 is 0. The number of aliphatic hydroxyl groups is 3. The third-order valence-corrected chi connectivity index (χ3v) is 10.0. The normalized spacial score (nSPS) is 54.4. The summed E-state index contributed by atoms with van der Waals surface area (Å²) < 4.78 is 0. The van der Waals surface area contributed by atoms with E-state index in [2.05, 4.69) is 13.8 Å². The van der Waals surface area contributed by atoms with Crippen LogP contribution in [0.25, 0.3) is 0 Å². The van der Waals surface area contributed by atoms with E-state index in [9.17, 15) is 25.2 Å². The van der Waals surface area contributed by atoms with Gasteiger partial charge in [0.25, 0.3) is 0 Å². The smallest absolute Gasteiger partial charge is 0.303 e. The molecule has 0 amide bonds. The highest BCUT2D eigenvalue weighted by atomic mass is 16.4. The first kappa shape index (κ1) is 20.6. The lowest BCUT2D eigenvalue weighted by atomic mass is 9.43. The highest BCUT2D eigenvalue weighted by molar-refractivity contribution is 5.67. The first-order chi connectivity index (χ1) is 13.1. The van der Waals surface area contributed by atoms with Crippen LogP contribution in [0.15, 0.2) is 0 Å². The largest absolute Gasteiger partial charge is 0.481 e. The van der Waals surface area contributed by atoms with Crippen molar-refractivity contribution in [3.05, 3.63) is 0 Å².